The summed E-state index contributed by atoms with van der Waals surface area (Å²) in [6, 6.07) is 6.26. The van der Waals surface area contributed by atoms with E-state index in [4.69, 9.17) is 0 Å². The van der Waals surface area contributed by atoms with Crippen LogP contribution in [0.25, 0.3) is 0 Å². The number of halogens is 1. The highest BCUT2D eigenvalue weighted by Gasteiger charge is 2.25. The molecule has 2 amide bonds. The Kier molecular flexibility index (Phi) is 3.60. The van der Waals surface area contributed by atoms with Crippen molar-refractivity contribution in [3.8, 4) is 0 Å². The molecule has 0 aliphatic carbocycles. The van der Waals surface area contributed by atoms with E-state index in [9.17, 15) is 9.18 Å². The van der Waals surface area contributed by atoms with Crippen LogP contribution in [0.3, 0.4) is 0 Å². The molecule has 21 heavy (non-hydrogen) atoms. The van der Waals surface area contributed by atoms with Crippen LogP contribution in [0, 0.1) is 5.82 Å². The molecule has 1 aliphatic heterocycles. The first-order valence-electron chi connectivity index (χ1n) is 6.90. The summed E-state index contributed by atoms with van der Waals surface area (Å²) in [5.74, 6) is -0.244. The molecule has 1 aliphatic rings. The quantitative estimate of drug-likeness (QED) is 0.936. The number of amides is 2. The third kappa shape index (κ3) is 2.89. The number of nitrogens with zero attached hydrogens (tertiary/aromatic N) is 3. The van der Waals surface area contributed by atoms with Crippen molar-refractivity contribution in [2.45, 2.75) is 19.5 Å². The molecule has 110 valence electrons. The topological polar surface area (TPSA) is 50.2 Å². The molecule has 0 saturated heterocycles. The van der Waals surface area contributed by atoms with Gasteiger partial charge in [0, 0.05) is 19.2 Å². The van der Waals surface area contributed by atoms with Crippen LogP contribution in [0.15, 0.2) is 30.5 Å². The van der Waals surface area contributed by atoms with E-state index in [2.05, 4.69) is 10.4 Å². The fourth-order valence-electron chi connectivity index (χ4n) is 2.51. The van der Waals surface area contributed by atoms with Gasteiger partial charge in [0.05, 0.1) is 25.0 Å². The van der Waals surface area contributed by atoms with Crippen molar-refractivity contribution >= 4 is 6.03 Å². The molecule has 6 heteroatoms. The molecule has 2 aromatic rings. The van der Waals surface area contributed by atoms with E-state index in [1.165, 1.54) is 12.1 Å². The maximum atomic E-state index is 12.8. The minimum atomic E-state index is -0.244. The summed E-state index contributed by atoms with van der Waals surface area (Å²) in [7, 11) is 1.88. The minimum Gasteiger partial charge on any atom is -0.338 e. The van der Waals surface area contributed by atoms with E-state index in [1.807, 2.05) is 7.05 Å². The van der Waals surface area contributed by atoms with Gasteiger partial charge in [-0.05, 0) is 24.1 Å². The van der Waals surface area contributed by atoms with E-state index in [-0.39, 0.29) is 11.8 Å². The standard InChI is InChI=1S/C15H17FN4O/c1-19-14-10-20(9-12(14)8-18-19)15(21)17-7-6-11-2-4-13(16)5-3-11/h2-5,8H,6-7,9-10H2,1H3,(H,17,21). The second kappa shape index (κ2) is 5.55. The molecule has 1 N–H and O–H groups in total. The van der Waals surface area contributed by atoms with Crippen molar-refractivity contribution < 1.29 is 9.18 Å². The number of urea groups is 1. The molecule has 0 bridgehead atoms. The Hall–Kier alpha value is -2.37. The monoisotopic (exact) mass is 288 g/mol. The van der Waals surface area contributed by atoms with Gasteiger partial charge in [-0.3, -0.25) is 4.68 Å². The van der Waals surface area contributed by atoms with Crippen LogP contribution in [0.1, 0.15) is 16.8 Å². The van der Waals surface area contributed by atoms with Crippen molar-refractivity contribution in [2.24, 2.45) is 7.05 Å². The lowest BCUT2D eigenvalue weighted by Gasteiger charge is -2.16. The average Bonchev–Trinajstić information content (AvgIpc) is 3.04. The second-order valence-corrected chi connectivity index (χ2v) is 5.20. The lowest BCUT2D eigenvalue weighted by molar-refractivity contribution is 0.197. The summed E-state index contributed by atoms with van der Waals surface area (Å²) >= 11 is 0. The smallest absolute Gasteiger partial charge is 0.318 e. The van der Waals surface area contributed by atoms with Gasteiger partial charge >= 0.3 is 6.03 Å². The zero-order chi connectivity index (χ0) is 14.8. The number of hydrogen-bond acceptors (Lipinski definition) is 2. The summed E-state index contributed by atoms with van der Waals surface area (Å²) in [5, 5.41) is 7.06. The zero-order valence-corrected chi connectivity index (χ0v) is 11.8. The van der Waals surface area contributed by atoms with Gasteiger partial charge in [0.2, 0.25) is 0 Å². The van der Waals surface area contributed by atoms with Gasteiger partial charge in [0.25, 0.3) is 0 Å². The van der Waals surface area contributed by atoms with Crippen LogP contribution >= 0.6 is 0 Å². The summed E-state index contributed by atoms with van der Waals surface area (Å²) in [6.45, 7) is 1.73. The second-order valence-electron chi connectivity index (χ2n) is 5.20. The Morgan fingerprint density at radius 2 is 2.10 bits per heavy atom. The van der Waals surface area contributed by atoms with Crippen molar-refractivity contribution in [3.63, 3.8) is 0 Å². The normalized spacial score (nSPS) is 13.3. The number of rotatable bonds is 3. The molecule has 0 fully saturated rings. The van der Waals surface area contributed by atoms with Crippen LogP contribution in [0.2, 0.25) is 0 Å². The summed E-state index contributed by atoms with van der Waals surface area (Å²) in [6.07, 6.45) is 2.50. The largest absolute Gasteiger partial charge is 0.338 e. The molecule has 3 rings (SSSR count). The number of aryl methyl sites for hydroxylation is 1. The van der Waals surface area contributed by atoms with Crippen molar-refractivity contribution in [1.29, 1.82) is 0 Å². The van der Waals surface area contributed by atoms with Crippen molar-refractivity contribution in [1.82, 2.24) is 20.0 Å². The number of carbonyl (C=O) groups excluding carboxylic acids is 1. The maximum Gasteiger partial charge on any atom is 0.318 e. The Morgan fingerprint density at radius 1 is 1.33 bits per heavy atom. The van der Waals surface area contributed by atoms with Gasteiger partial charge in [0.1, 0.15) is 5.82 Å². The Balaban J connectivity index is 1.48. The number of fused-ring (bicyclic) bond motifs is 1. The van der Waals surface area contributed by atoms with E-state index >= 15 is 0 Å². The molecule has 0 spiro atoms. The first-order chi connectivity index (χ1) is 10.1. The van der Waals surface area contributed by atoms with E-state index in [0.29, 0.717) is 26.1 Å². The SMILES string of the molecule is Cn1ncc2c1CN(C(=O)NCCc1ccc(F)cc1)C2. The average molecular weight is 288 g/mol. The minimum absolute atomic E-state index is 0.0756. The molecular formula is C15H17FN4O. The predicted molar refractivity (Wildman–Crippen MR) is 76.0 cm³/mol. The fraction of sp³-hybridized carbons (Fsp3) is 0.333. The first-order valence-corrected chi connectivity index (χ1v) is 6.90. The lowest BCUT2D eigenvalue weighted by atomic mass is 10.1. The number of nitrogens with one attached hydrogen (secondary N) is 1. The molecule has 0 radical (unpaired) electrons. The maximum absolute atomic E-state index is 12.8. The molecule has 1 aromatic heterocycles. The third-order valence-corrected chi connectivity index (χ3v) is 3.74. The summed E-state index contributed by atoms with van der Waals surface area (Å²) < 4.78 is 14.6. The van der Waals surface area contributed by atoms with Gasteiger partial charge in [-0.15, -0.1) is 0 Å². The number of aromatic nitrogens is 2. The molecular weight excluding hydrogens is 271 g/mol. The predicted octanol–water partition coefficient (Wildman–Crippen LogP) is 1.83. The molecule has 0 saturated carbocycles. The van der Waals surface area contributed by atoms with Gasteiger partial charge in [0.15, 0.2) is 0 Å². The number of carbonyl (C=O) groups is 1. The Labute approximate surface area is 122 Å². The third-order valence-electron chi connectivity index (χ3n) is 3.74. The molecule has 5 nitrogen and oxygen atoms in total. The number of benzene rings is 1. The highest BCUT2D eigenvalue weighted by atomic mass is 19.1. The zero-order valence-electron chi connectivity index (χ0n) is 11.8. The highest BCUT2D eigenvalue weighted by Crippen LogP contribution is 2.21. The molecule has 0 atom stereocenters. The van der Waals surface area contributed by atoms with Crippen LogP contribution in [-0.2, 0) is 26.6 Å². The lowest BCUT2D eigenvalue weighted by Crippen LogP contribution is -2.37. The van der Waals surface area contributed by atoms with Crippen LogP contribution in [0.5, 0.6) is 0 Å². The van der Waals surface area contributed by atoms with Gasteiger partial charge < -0.3 is 10.2 Å². The fourth-order valence-corrected chi connectivity index (χ4v) is 2.51. The van der Waals surface area contributed by atoms with Gasteiger partial charge in [-0.1, -0.05) is 12.1 Å². The van der Waals surface area contributed by atoms with Crippen molar-refractivity contribution in [2.75, 3.05) is 6.54 Å². The first kappa shape index (κ1) is 13.6. The van der Waals surface area contributed by atoms with E-state index in [0.717, 1.165) is 16.8 Å². The Morgan fingerprint density at radius 3 is 2.81 bits per heavy atom. The molecule has 0 unspecified atom stereocenters. The van der Waals surface area contributed by atoms with Gasteiger partial charge in [-0.2, -0.15) is 5.10 Å². The van der Waals surface area contributed by atoms with Crippen LogP contribution < -0.4 is 5.32 Å². The molecule has 2 heterocycles. The van der Waals surface area contributed by atoms with Crippen LogP contribution in [-0.4, -0.2) is 27.3 Å². The summed E-state index contributed by atoms with van der Waals surface area (Å²) in [5.41, 5.74) is 3.19. The molecule has 1 aromatic carbocycles. The van der Waals surface area contributed by atoms with E-state index in [1.54, 1.807) is 27.9 Å². The number of hydrogen-bond donors (Lipinski definition) is 1. The van der Waals surface area contributed by atoms with Gasteiger partial charge in [-0.25, -0.2) is 9.18 Å². The highest BCUT2D eigenvalue weighted by molar-refractivity contribution is 5.74. The van der Waals surface area contributed by atoms with Crippen LogP contribution in [0.4, 0.5) is 9.18 Å². The van der Waals surface area contributed by atoms with E-state index < -0.39 is 0 Å². The Bertz CT molecular complexity index is 650. The van der Waals surface area contributed by atoms with Crippen molar-refractivity contribution in [3.05, 3.63) is 53.1 Å². The summed E-state index contributed by atoms with van der Waals surface area (Å²) in [4.78, 5) is 13.9.